The van der Waals surface area contributed by atoms with Gasteiger partial charge in [-0.05, 0) is 48.9 Å². The number of aryl methyl sites for hydroxylation is 1. The summed E-state index contributed by atoms with van der Waals surface area (Å²) >= 11 is 1.68. The van der Waals surface area contributed by atoms with Crippen LogP contribution in [0.4, 0.5) is 10.1 Å². The van der Waals surface area contributed by atoms with Crippen LogP contribution < -0.4 is 5.32 Å². The van der Waals surface area contributed by atoms with E-state index in [0.717, 1.165) is 21.5 Å². The van der Waals surface area contributed by atoms with Gasteiger partial charge in [-0.1, -0.05) is 30.3 Å². The number of carbonyl (C=O) groups excluding carboxylic acids is 1. The van der Waals surface area contributed by atoms with Crippen molar-refractivity contribution >= 4 is 45.0 Å². The summed E-state index contributed by atoms with van der Waals surface area (Å²) < 4.78 is 16.2. The number of imidazole rings is 1. The van der Waals surface area contributed by atoms with Crippen molar-refractivity contribution in [1.29, 1.82) is 0 Å². The van der Waals surface area contributed by atoms with E-state index in [4.69, 9.17) is 0 Å². The summed E-state index contributed by atoms with van der Waals surface area (Å²) in [5, 5.41) is 10.5. The summed E-state index contributed by atoms with van der Waals surface area (Å²) in [6.07, 6.45) is 5.05. The SMILES string of the molecule is Cc1ccc(-c2ccnc3nc(-c4n[nH]c5ccc(-c6cncc(NC(=O)Cc7ccccc7)c6)c(F)c45)[nH]c23)s1. The molecule has 8 nitrogen and oxygen atoms in total. The molecule has 3 N–H and O–H groups in total. The molecule has 10 heteroatoms. The molecule has 0 spiro atoms. The largest absolute Gasteiger partial charge is 0.335 e. The predicted molar refractivity (Wildman–Crippen MR) is 159 cm³/mol. The number of aromatic nitrogens is 6. The first-order valence-electron chi connectivity index (χ1n) is 12.9. The maximum absolute atomic E-state index is 16.2. The number of benzene rings is 2. The number of H-pyrrole nitrogens is 2. The minimum Gasteiger partial charge on any atom is -0.335 e. The average Bonchev–Trinajstić information content (AvgIpc) is 3.72. The van der Waals surface area contributed by atoms with E-state index < -0.39 is 5.82 Å². The highest BCUT2D eigenvalue weighted by atomic mass is 32.1. The predicted octanol–water partition coefficient (Wildman–Crippen LogP) is 6.92. The van der Waals surface area contributed by atoms with Crippen molar-refractivity contribution in [3.05, 3.63) is 102 Å². The van der Waals surface area contributed by atoms with E-state index >= 15 is 4.39 Å². The first-order chi connectivity index (χ1) is 20.0. The number of aromatic amines is 2. The molecule has 0 radical (unpaired) electrons. The summed E-state index contributed by atoms with van der Waals surface area (Å²) in [5.74, 6) is -0.238. The smallest absolute Gasteiger partial charge is 0.228 e. The van der Waals surface area contributed by atoms with Crippen LogP contribution in [0.3, 0.4) is 0 Å². The Morgan fingerprint density at radius 2 is 1.90 bits per heavy atom. The summed E-state index contributed by atoms with van der Waals surface area (Å²) in [5.41, 5.74) is 5.39. The number of hydrogen-bond acceptors (Lipinski definition) is 6. The van der Waals surface area contributed by atoms with Crippen LogP contribution in [0.2, 0.25) is 0 Å². The molecule has 0 saturated carbocycles. The van der Waals surface area contributed by atoms with Crippen LogP contribution in [0.15, 0.2) is 85.3 Å². The average molecular weight is 560 g/mol. The number of anilines is 1. The maximum Gasteiger partial charge on any atom is 0.228 e. The molecule has 0 aliphatic heterocycles. The molecular weight excluding hydrogens is 537 g/mol. The number of hydrogen-bond donors (Lipinski definition) is 3. The highest BCUT2D eigenvalue weighted by Crippen LogP contribution is 2.36. The quantitative estimate of drug-likeness (QED) is 0.205. The zero-order chi connectivity index (χ0) is 27.9. The number of nitrogens with one attached hydrogen (secondary N) is 3. The van der Waals surface area contributed by atoms with Gasteiger partial charge in [-0.25, -0.2) is 14.4 Å². The highest BCUT2D eigenvalue weighted by molar-refractivity contribution is 7.15. The van der Waals surface area contributed by atoms with Crippen LogP contribution >= 0.6 is 11.3 Å². The molecule has 7 aromatic rings. The number of amides is 1. The molecule has 0 atom stereocenters. The molecule has 2 aromatic carbocycles. The van der Waals surface area contributed by atoms with Gasteiger partial charge in [0.25, 0.3) is 0 Å². The second kappa shape index (κ2) is 10.1. The summed E-state index contributed by atoms with van der Waals surface area (Å²) in [6.45, 7) is 2.06. The van der Waals surface area contributed by atoms with Crippen molar-refractivity contribution in [2.24, 2.45) is 0 Å². The van der Waals surface area contributed by atoms with Gasteiger partial charge in [0.05, 0.1) is 34.7 Å². The zero-order valence-electron chi connectivity index (χ0n) is 21.8. The molecule has 0 unspecified atom stereocenters. The Bertz CT molecular complexity index is 2060. The molecule has 0 aliphatic carbocycles. The molecular formula is C31H22FN7OS. The van der Waals surface area contributed by atoms with Gasteiger partial charge in [0.15, 0.2) is 11.5 Å². The van der Waals surface area contributed by atoms with Crippen LogP contribution in [0.1, 0.15) is 10.4 Å². The number of halogens is 1. The third-order valence-corrected chi connectivity index (χ3v) is 7.86. The number of nitrogens with zero attached hydrogens (tertiary/aromatic N) is 4. The van der Waals surface area contributed by atoms with Gasteiger partial charge < -0.3 is 10.3 Å². The molecule has 1 amide bonds. The van der Waals surface area contributed by atoms with Crippen molar-refractivity contribution in [3.8, 4) is 33.1 Å². The van der Waals surface area contributed by atoms with E-state index in [1.165, 1.54) is 4.88 Å². The van der Waals surface area contributed by atoms with E-state index in [0.29, 0.717) is 44.9 Å². The van der Waals surface area contributed by atoms with Crippen molar-refractivity contribution in [1.82, 2.24) is 30.1 Å². The van der Waals surface area contributed by atoms with E-state index in [2.05, 4.69) is 54.5 Å². The van der Waals surface area contributed by atoms with Gasteiger partial charge in [0.2, 0.25) is 5.91 Å². The molecule has 41 heavy (non-hydrogen) atoms. The number of fused-ring (bicyclic) bond motifs is 2. The first kappa shape index (κ1) is 24.8. The molecule has 5 heterocycles. The molecule has 5 aromatic heterocycles. The summed E-state index contributed by atoms with van der Waals surface area (Å²) in [7, 11) is 0. The standard InChI is InChI=1S/C31H22FN7OS/c1-17-7-10-24(41-17)22-11-12-34-30-28(22)36-31(37-30)29-26-23(38-39-29)9-8-21(27(26)32)19-14-20(16-33-15-19)35-25(40)13-18-5-3-2-4-6-18/h2-12,14-16H,13H2,1H3,(H,35,40)(H,38,39)(H,34,36,37). The van der Waals surface area contributed by atoms with E-state index in [9.17, 15) is 4.79 Å². The van der Waals surface area contributed by atoms with Gasteiger partial charge in [-0.15, -0.1) is 11.3 Å². The third-order valence-electron chi connectivity index (χ3n) is 6.83. The Hall–Kier alpha value is -5.22. The Balaban J connectivity index is 1.24. The molecule has 0 aliphatic rings. The fourth-order valence-electron chi connectivity index (χ4n) is 4.92. The molecule has 0 fully saturated rings. The van der Waals surface area contributed by atoms with Crippen LogP contribution in [0.25, 0.3) is 55.2 Å². The number of carbonyl (C=O) groups is 1. The van der Waals surface area contributed by atoms with Crippen LogP contribution in [0, 0.1) is 12.7 Å². The fraction of sp³-hybridized carbons (Fsp3) is 0.0645. The van der Waals surface area contributed by atoms with Crippen molar-refractivity contribution in [2.45, 2.75) is 13.3 Å². The maximum atomic E-state index is 16.2. The lowest BCUT2D eigenvalue weighted by atomic mass is 10.0. The van der Waals surface area contributed by atoms with Crippen molar-refractivity contribution in [3.63, 3.8) is 0 Å². The van der Waals surface area contributed by atoms with E-state index in [-0.39, 0.29) is 12.3 Å². The minimum absolute atomic E-state index is 0.182. The Kier molecular flexibility index (Phi) is 6.09. The second-order valence-electron chi connectivity index (χ2n) is 9.65. The lowest BCUT2D eigenvalue weighted by Gasteiger charge is -2.09. The Morgan fingerprint density at radius 1 is 1.02 bits per heavy atom. The third kappa shape index (κ3) is 4.64. The number of rotatable bonds is 6. The van der Waals surface area contributed by atoms with Gasteiger partial charge >= 0.3 is 0 Å². The first-order valence-corrected chi connectivity index (χ1v) is 13.7. The molecule has 7 rings (SSSR count). The van der Waals surface area contributed by atoms with Gasteiger partial charge in [-0.2, -0.15) is 5.10 Å². The minimum atomic E-state index is -0.469. The Morgan fingerprint density at radius 3 is 2.73 bits per heavy atom. The van der Waals surface area contributed by atoms with Crippen LogP contribution in [-0.2, 0) is 11.2 Å². The lowest BCUT2D eigenvalue weighted by molar-refractivity contribution is -0.115. The van der Waals surface area contributed by atoms with Crippen molar-refractivity contribution < 1.29 is 9.18 Å². The normalized spacial score (nSPS) is 11.4. The monoisotopic (exact) mass is 559 g/mol. The van der Waals surface area contributed by atoms with Gasteiger partial charge in [0, 0.05) is 38.8 Å². The summed E-state index contributed by atoms with van der Waals surface area (Å²) in [4.78, 5) is 31.5. The van der Waals surface area contributed by atoms with E-state index in [1.807, 2.05) is 36.4 Å². The highest BCUT2D eigenvalue weighted by Gasteiger charge is 2.21. The Labute approximate surface area is 237 Å². The fourth-order valence-corrected chi connectivity index (χ4v) is 5.82. The van der Waals surface area contributed by atoms with Gasteiger partial charge in [0.1, 0.15) is 11.5 Å². The molecule has 200 valence electrons. The van der Waals surface area contributed by atoms with Crippen LogP contribution in [-0.4, -0.2) is 36.0 Å². The number of thiophene rings is 1. The van der Waals surface area contributed by atoms with Crippen molar-refractivity contribution in [2.75, 3.05) is 5.32 Å². The van der Waals surface area contributed by atoms with Gasteiger partial charge in [-0.3, -0.25) is 14.9 Å². The summed E-state index contributed by atoms with van der Waals surface area (Å²) in [6, 6.07) is 20.7. The van der Waals surface area contributed by atoms with E-state index in [1.54, 1.807) is 48.1 Å². The topological polar surface area (TPSA) is 112 Å². The zero-order valence-corrected chi connectivity index (χ0v) is 22.6. The van der Waals surface area contributed by atoms with Crippen LogP contribution in [0.5, 0.6) is 0 Å². The lowest BCUT2D eigenvalue weighted by Crippen LogP contribution is -2.14. The molecule has 0 saturated heterocycles. The molecule has 0 bridgehead atoms. The number of pyridine rings is 2. The second-order valence-corrected chi connectivity index (χ2v) is 10.9.